The molecule has 2 rings (SSSR count). The number of fused-ring (bicyclic) bond motifs is 1. The molecule has 2 aromatic rings. The van der Waals surface area contributed by atoms with Crippen molar-refractivity contribution in [2.24, 2.45) is 0 Å². The van der Waals surface area contributed by atoms with Gasteiger partial charge in [-0.2, -0.15) is 16.8 Å². The minimum Gasteiger partial charge on any atom is -0.507 e. The number of aromatic hydroxyl groups is 1. The smallest absolute Gasteiger partial charge is 0.294 e. The number of carbonyl (C=O) groups excluding carboxylic acids is 1. The van der Waals surface area contributed by atoms with Gasteiger partial charge < -0.3 is 10.4 Å². The van der Waals surface area contributed by atoms with Gasteiger partial charge in [-0.05, 0) is 29.7 Å². The maximum absolute atomic E-state index is 11.5. The van der Waals surface area contributed by atoms with Crippen LogP contribution in [-0.2, 0) is 25.0 Å². The molecule has 0 bridgehead atoms. The van der Waals surface area contributed by atoms with Gasteiger partial charge in [-0.25, -0.2) is 0 Å². The molecule has 128 valence electrons. The molecule has 0 aliphatic carbocycles. The monoisotopic (exact) mass is 373 g/mol. The Bertz CT molecular complexity index is 1070. The van der Waals surface area contributed by atoms with E-state index < -0.39 is 41.7 Å². The van der Waals surface area contributed by atoms with Crippen LogP contribution in [0.25, 0.3) is 10.8 Å². The average molecular weight is 373 g/mol. The lowest BCUT2D eigenvalue weighted by Gasteiger charge is -2.12. The molecule has 0 aliphatic heterocycles. The fraction of sp³-hybridized carbons (Fsp3) is 0. The molecule has 0 aromatic heterocycles. The summed E-state index contributed by atoms with van der Waals surface area (Å²) in [6, 6.07) is 3.37. The van der Waals surface area contributed by atoms with E-state index in [-0.39, 0.29) is 16.5 Å². The maximum Gasteiger partial charge on any atom is 0.294 e. The number of rotatable bonds is 4. The van der Waals surface area contributed by atoms with Crippen LogP contribution in [0.3, 0.4) is 0 Å². The highest BCUT2D eigenvalue weighted by molar-refractivity contribution is 7.86. The highest BCUT2D eigenvalue weighted by Gasteiger charge is 2.20. The van der Waals surface area contributed by atoms with Crippen molar-refractivity contribution < 1.29 is 35.8 Å². The second kappa shape index (κ2) is 5.87. The number of nitrogens with one attached hydrogen (secondary N) is 1. The predicted molar refractivity (Wildman–Crippen MR) is 84.1 cm³/mol. The first-order valence-corrected chi connectivity index (χ1v) is 9.00. The number of hydrogen-bond donors (Lipinski definition) is 4. The van der Waals surface area contributed by atoms with E-state index in [2.05, 4.69) is 11.9 Å². The molecule has 0 unspecified atom stereocenters. The molecular weight excluding hydrogens is 362 g/mol. The van der Waals surface area contributed by atoms with Gasteiger partial charge >= 0.3 is 0 Å². The number of carbonyl (C=O) groups is 1. The summed E-state index contributed by atoms with van der Waals surface area (Å²) < 4.78 is 63.4. The number of amides is 1. The van der Waals surface area contributed by atoms with Gasteiger partial charge in [0.25, 0.3) is 20.2 Å². The van der Waals surface area contributed by atoms with Gasteiger partial charge in [-0.3, -0.25) is 13.9 Å². The second-order valence-corrected chi connectivity index (χ2v) is 7.50. The molecule has 2 aromatic carbocycles. The number of benzene rings is 2. The van der Waals surface area contributed by atoms with Gasteiger partial charge in [0.2, 0.25) is 5.91 Å². The highest BCUT2D eigenvalue weighted by atomic mass is 32.2. The van der Waals surface area contributed by atoms with E-state index in [9.17, 15) is 31.3 Å². The first kappa shape index (κ1) is 17.9. The van der Waals surface area contributed by atoms with Crippen molar-refractivity contribution in [2.75, 3.05) is 5.32 Å². The molecule has 11 heteroatoms. The van der Waals surface area contributed by atoms with Crippen molar-refractivity contribution in [1.82, 2.24) is 0 Å². The fourth-order valence-corrected chi connectivity index (χ4v) is 3.10. The third-order valence-corrected chi connectivity index (χ3v) is 4.68. The summed E-state index contributed by atoms with van der Waals surface area (Å²) in [5.41, 5.74) is -0.204. The molecule has 0 spiro atoms. The lowest BCUT2D eigenvalue weighted by molar-refractivity contribution is -0.111. The first-order chi connectivity index (χ1) is 10.9. The van der Waals surface area contributed by atoms with Crippen molar-refractivity contribution in [1.29, 1.82) is 0 Å². The largest absolute Gasteiger partial charge is 0.507 e. The zero-order chi connectivity index (χ0) is 18.3. The molecule has 24 heavy (non-hydrogen) atoms. The molecule has 0 atom stereocenters. The number of anilines is 1. The summed E-state index contributed by atoms with van der Waals surface area (Å²) in [4.78, 5) is 10.1. The minimum absolute atomic E-state index is 0.0926. The summed E-state index contributed by atoms with van der Waals surface area (Å²) in [7, 11) is -9.37. The fourth-order valence-electron chi connectivity index (χ4n) is 2.02. The normalized spacial score (nSPS) is 12.1. The van der Waals surface area contributed by atoms with Gasteiger partial charge in [-0.15, -0.1) is 0 Å². The quantitative estimate of drug-likeness (QED) is 0.459. The van der Waals surface area contributed by atoms with E-state index >= 15 is 0 Å². The Kier molecular flexibility index (Phi) is 4.37. The summed E-state index contributed by atoms with van der Waals surface area (Å²) in [6.07, 6.45) is 0.884. The Morgan fingerprint density at radius 3 is 1.96 bits per heavy atom. The van der Waals surface area contributed by atoms with Crippen LogP contribution in [0, 0.1) is 0 Å². The van der Waals surface area contributed by atoms with Crippen LogP contribution in [0.15, 0.2) is 46.7 Å². The van der Waals surface area contributed by atoms with Gasteiger partial charge in [0.1, 0.15) is 5.75 Å². The number of phenolic OH excluding ortho intramolecular Hbond substituents is 1. The Labute approximate surface area is 136 Å². The van der Waals surface area contributed by atoms with E-state index in [1.807, 2.05) is 0 Å². The van der Waals surface area contributed by atoms with Crippen molar-refractivity contribution in [3.05, 3.63) is 36.9 Å². The summed E-state index contributed by atoms with van der Waals surface area (Å²) >= 11 is 0. The summed E-state index contributed by atoms with van der Waals surface area (Å²) in [5.74, 6) is -1.37. The Morgan fingerprint density at radius 1 is 1.00 bits per heavy atom. The SMILES string of the molecule is C=CC(=O)Nc1cc(S(=O)(=O)O)cc2cc(S(=O)(=O)O)cc(O)c12. The van der Waals surface area contributed by atoms with Crippen molar-refractivity contribution in [3.63, 3.8) is 0 Å². The third-order valence-electron chi connectivity index (χ3n) is 3.01. The van der Waals surface area contributed by atoms with Crippen LogP contribution in [0.4, 0.5) is 5.69 Å². The zero-order valence-corrected chi connectivity index (χ0v) is 13.4. The zero-order valence-electron chi connectivity index (χ0n) is 11.8. The van der Waals surface area contributed by atoms with Crippen molar-refractivity contribution in [3.8, 4) is 5.75 Å². The van der Waals surface area contributed by atoms with Gasteiger partial charge in [0.05, 0.1) is 15.5 Å². The van der Waals surface area contributed by atoms with Crippen LogP contribution < -0.4 is 5.32 Å². The average Bonchev–Trinajstić information content (AvgIpc) is 2.44. The van der Waals surface area contributed by atoms with Crippen molar-refractivity contribution >= 4 is 42.6 Å². The van der Waals surface area contributed by atoms with Crippen LogP contribution >= 0.6 is 0 Å². The van der Waals surface area contributed by atoms with Gasteiger partial charge in [0, 0.05) is 11.5 Å². The Balaban J connectivity index is 2.93. The Morgan fingerprint density at radius 2 is 1.50 bits per heavy atom. The third kappa shape index (κ3) is 3.54. The van der Waals surface area contributed by atoms with E-state index in [1.165, 1.54) is 0 Å². The van der Waals surface area contributed by atoms with E-state index in [1.54, 1.807) is 0 Å². The van der Waals surface area contributed by atoms with E-state index in [0.29, 0.717) is 0 Å². The first-order valence-electron chi connectivity index (χ1n) is 6.12. The highest BCUT2D eigenvalue weighted by Crippen LogP contribution is 2.36. The molecule has 1 amide bonds. The lowest BCUT2D eigenvalue weighted by Crippen LogP contribution is -2.09. The molecule has 9 nitrogen and oxygen atoms in total. The van der Waals surface area contributed by atoms with Crippen LogP contribution in [0.1, 0.15) is 0 Å². The molecule has 4 N–H and O–H groups in total. The molecule has 0 saturated carbocycles. The van der Waals surface area contributed by atoms with Gasteiger partial charge in [-0.1, -0.05) is 6.58 Å². The van der Waals surface area contributed by atoms with Crippen LogP contribution in [-0.4, -0.2) is 37.0 Å². The summed E-state index contributed by atoms with van der Waals surface area (Å²) in [5, 5.41) is 12.0. The standard InChI is InChI=1S/C13H11NO8S2/c1-2-12(16)14-10-5-8(23(17,18)19)3-7-4-9(24(20,21)22)6-11(15)13(7)10/h2-6,15H,1H2,(H,14,16)(H,17,18,19)(H,20,21,22). The van der Waals surface area contributed by atoms with Gasteiger partial charge in [0.15, 0.2) is 0 Å². The van der Waals surface area contributed by atoms with E-state index in [4.69, 9.17) is 4.55 Å². The molecule has 0 radical (unpaired) electrons. The number of phenols is 1. The second-order valence-electron chi connectivity index (χ2n) is 4.65. The van der Waals surface area contributed by atoms with Crippen molar-refractivity contribution in [2.45, 2.75) is 9.79 Å². The number of hydrogen-bond acceptors (Lipinski definition) is 6. The van der Waals surface area contributed by atoms with Crippen LogP contribution in [0.5, 0.6) is 5.75 Å². The Hall–Kier alpha value is -2.47. The molecule has 0 aliphatic rings. The van der Waals surface area contributed by atoms with E-state index in [0.717, 1.165) is 30.3 Å². The maximum atomic E-state index is 11.5. The summed E-state index contributed by atoms with van der Waals surface area (Å²) in [6.45, 7) is 3.22. The lowest BCUT2D eigenvalue weighted by atomic mass is 10.1. The predicted octanol–water partition coefficient (Wildman–Crippen LogP) is 1.16. The van der Waals surface area contributed by atoms with Crippen LogP contribution in [0.2, 0.25) is 0 Å². The molecule has 0 heterocycles. The molecular formula is C13H11NO8S2. The molecule has 0 fully saturated rings. The topological polar surface area (TPSA) is 158 Å². The minimum atomic E-state index is -4.69. The molecule has 0 saturated heterocycles.